The summed E-state index contributed by atoms with van der Waals surface area (Å²) in [5.41, 5.74) is 0. The molecule has 0 aromatic heterocycles. The van der Waals surface area contributed by atoms with Gasteiger partial charge in [0.25, 0.3) is 0 Å². The van der Waals surface area contributed by atoms with Crippen LogP contribution < -0.4 is 119 Å². The molecule has 31 heteroatoms. The van der Waals surface area contributed by atoms with Gasteiger partial charge in [0, 0.05) is 73.0 Å². The maximum absolute atomic E-state index is 10.8. The van der Waals surface area contributed by atoms with Crippen molar-refractivity contribution < 1.29 is 225 Å². The van der Waals surface area contributed by atoms with Gasteiger partial charge < -0.3 is 137 Å². The van der Waals surface area contributed by atoms with Gasteiger partial charge in [0.2, 0.25) is 0 Å². The third-order valence-electron chi connectivity index (χ3n) is 2.89. The number of carboxylic acid groups (broad SMARTS) is 2. The van der Waals surface area contributed by atoms with Gasteiger partial charge in [-0.1, -0.05) is 24.4 Å². The normalized spacial score (nSPS) is 12.3. The van der Waals surface area contributed by atoms with Gasteiger partial charge in [0.1, 0.15) is 0 Å². The summed E-state index contributed by atoms with van der Waals surface area (Å²) in [4.78, 5) is 19.8. The summed E-state index contributed by atoms with van der Waals surface area (Å²) in [6, 6.07) is 0. The number of aliphatic hydroxyl groups is 6. The summed E-state index contributed by atoms with van der Waals surface area (Å²) in [5.74, 6) is -4.25. The van der Waals surface area contributed by atoms with E-state index in [1.807, 2.05) is 0 Å². The molecule has 6 radical (unpaired) electrons. The van der Waals surface area contributed by atoms with Gasteiger partial charge in [-0.05, 0) is 0 Å². The van der Waals surface area contributed by atoms with Crippen LogP contribution in [0.25, 0.3) is 0 Å². The summed E-state index contributed by atoms with van der Waals surface area (Å²) in [6.45, 7) is -1.91. The van der Waals surface area contributed by atoms with Gasteiger partial charge >= 0.3 is 88.7 Å². The zero-order valence-corrected chi connectivity index (χ0v) is 34.0. The van der Waals surface area contributed by atoms with Crippen molar-refractivity contribution in [3.05, 3.63) is 0 Å². The van der Waals surface area contributed by atoms with E-state index in [-0.39, 0.29) is 203 Å². The molecule has 0 saturated carbocycles. The Kier molecular flexibility index (Phi) is 211. The Hall–Kier alpha value is 2.70. The van der Waals surface area contributed by atoms with E-state index in [1.165, 1.54) is 0 Å². The van der Waals surface area contributed by atoms with Crippen LogP contribution in [0.5, 0.6) is 0 Å². The van der Waals surface area contributed by atoms with Crippen molar-refractivity contribution in [1.29, 1.82) is 0 Å². The molecule has 0 aromatic carbocycles. The van der Waals surface area contributed by atoms with Crippen LogP contribution in [0.4, 0.5) is 0 Å². The van der Waals surface area contributed by atoms with E-state index in [0.29, 0.717) is 0 Å². The minimum Gasteiger partial charge on any atom is -0.848 e. The average Bonchev–Trinajstić information content (AvgIpc) is 2.62. The van der Waals surface area contributed by atoms with Crippen LogP contribution in [0.2, 0.25) is 0 Å². The molecular weight excluding hydrogens is 873 g/mol. The molecule has 0 aliphatic heterocycles. The fraction of sp³-hybridized carbons (Fsp3) is 0.833. The first-order chi connectivity index (χ1) is 11.8. The zero-order chi connectivity index (χ0) is 21.2. The molecule has 0 saturated heterocycles. The molecule has 8 atom stereocenters. The Morgan fingerprint density at radius 2 is 0.605 bits per heavy atom. The molecule has 30 N–H and O–H groups in total. The third kappa shape index (κ3) is 54.4. The zero-order valence-electron chi connectivity index (χ0n) is 22.9. The second-order valence-corrected chi connectivity index (χ2v) is 4.89. The number of carbonyl (C=O) groups is 2. The average molecular weight is 915 g/mol. The number of hydrogen-bond acceptors (Lipinski definition) is 14. The smallest absolute Gasteiger partial charge is 0.848 e. The molecule has 0 aliphatic rings. The fourth-order valence-corrected chi connectivity index (χ4v) is 1.29. The van der Waals surface area contributed by atoms with E-state index in [2.05, 4.69) is 0 Å². The molecule has 0 fully saturated rings. The predicted molar refractivity (Wildman–Crippen MR) is 118 cm³/mol. The second kappa shape index (κ2) is 70.9. The Labute approximate surface area is 344 Å². The van der Waals surface area contributed by atoms with Gasteiger partial charge in [0.05, 0.1) is 25.4 Å². The summed E-state index contributed by atoms with van der Waals surface area (Å²) in [6.07, 6.45) is -18.2. The van der Waals surface area contributed by atoms with E-state index < -0.39 is 74.0 Å². The standard InChI is InChI=1S/2C6H10O7.3Na.12H2O.2Sb/c2*7-1-2(8)3(9)4(10)5(11)6(12)13;;;;;;;;;;;;;;;;;/h2*2-5,7-8,10H,1H2,(H,12,13);;;;12*1H2;;/q2*-2;3*+1;;;;;;;;;;;;;;/p-2/t2*2-,3-,4+,5-;;;;;;;;;;;;;;;;;/m11................./s1. The maximum atomic E-state index is 10.8. The molecule has 262 valence electrons. The molecule has 0 rings (SSSR count). The van der Waals surface area contributed by atoms with E-state index in [4.69, 9.17) is 30.6 Å². The number of carboxylic acids is 2. The van der Waals surface area contributed by atoms with E-state index >= 15 is 0 Å². The van der Waals surface area contributed by atoms with Crippen molar-refractivity contribution in [1.82, 2.24) is 0 Å². The monoisotopic (exact) mass is 913 g/mol. The minimum absolute atomic E-state index is 0. The van der Waals surface area contributed by atoms with Crippen molar-refractivity contribution >= 4 is 60.8 Å². The maximum Gasteiger partial charge on any atom is 1.00 e. The summed E-state index contributed by atoms with van der Waals surface area (Å²) in [7, 11) is 0. The van der Waals surface area contributed by atoms with Crippen LogP contribution in [0.1, 0.15) is 0 Å². The topological polar surface area (TPSA) is 672 Å². The Bertz CT molecular complexity index is 414. The first kappa shape index (κ1) is 128. The van der Waals surface area contributed by atoms with Crippen molar-refractivity contribution in [3.8, 4) is 0 Å². The molecule has 0 unspecified atom stereocenters. The van der Waals surface area contributed by atoms with Crippen molar-refractivity contribution in [2.75, 3.05) is 13.2 Å². The molecule has 0 aliphatic carbocycles. The third-order valence-corrected chi connectivity index (χ3v) is 2.89. The summed E-state index contributed by atoms with van der Waals surface area (Å²) in [5, 5.41) is 114. The van der Waals surface area contributed by atoms with E-state index in [9.17, 15) is 40.2 Å². The van der Waals surface area contributed by atoms with Crippen LogP contribution in [-0.4, -0.2) is 219 Å². The number of rotatable bonds is 10. The molecular formula is C12H42Na3O26Sb2-3. The minimum atomic E-state index is -2.62. The van der Waals surface area contributed by atoms with Gasteiger partial charge in [-0.15, -0.1) is 0 Å². The number of aliphatic carboxylic acids is 2. The second-order valence-electron chi connectivity index (χ2n) is 4.89. The van der Waals surface area contributed by atoms with Crippen molar-refractivity contribution in [2.24, 2.45) is 0 Å². The van der Waals surface area contributed by atoms with Crippen molar-refractivity contribution in [3.63, 3.8) is 0 Å². The molecule has 0 bridgehead atoms. The Balaban J connectivity index is -0.0000000113. The molecule has 0 heterocycles. The SMILES string of the molecule is O.O.O.O.O.O.O.O.O.O.O.O.O=C([O-])[C@H]([O-])[C@@H](O)[C@H]([O-])[C@H](O)CO.O=C([O-])[C@H]([O-])[C@@H](O)[C@H]([O-])[C@H](O)CO.[Na+].[Na+].[Na+].[Sb].[Sb]. The first-order valence-electron chi connectivity index (χ1n) is 6.82. The molecule has 0 spiro atoms. The number of carbonyl (C=O) groups excluding carboxylic acids is 2. The van der Waals surface area contributed by atoms with Gasteiger partial charge in [-0.25, -0.2) is 0 Å². The molecule has 26 nitrogen and oxygen atoms in total. The summed E-state index contributed by atoms with van der Waals surface area (Å²) < 4.78 is 0. The molecule has 0 amide bonds. The first-order valence-corrected chi connectivity index (χ1v) is 6.82. The van der Waals surface area contributed by atoms with Gasteiger partial charge in [-0.2, -0.15) is 0 Å². The van der Waals surface area contributed by atoms with Crippen LogP contribution in [0.3, 0.4) is 0 Å². The van der Waals surface area contributed by atoms with Crippen LogP contribution in [-0.2, 0) is 9.59 Å². The van der Waals surface area contributed by atoms with Gasteiger partial charge in [-0.3, -0.25) is 0 Å². The fourth-order valence-electron chi connectivity index (χ4n) is 1.29. The van der Waals surface area contributed by atoms with Gasteiger partial charge in [0.15, 0.2) is 0 Å². The predicted octanol–water partition coefficient (Wildman–Crippen LogP) is -31.8. The van der Waals surface area contributed by atoms with Crippen LogP contribution >= 0.6 is 0 Å². The van der Waals surface area contributed by atoms with Crippen molar-refractivity contribution in [2.45, 2.75) is 48.8 Å². The largest absolute Gasteiger partial charge is 1.00 e. The Morgan fingerprint density at radius 1 is 0.465 bits per heavy atom. The molecule has 43 heavy (non-hydrogen) atoms. The van der Waals surface area contributed by atoms with E-state index in [1.54, 1.807) is 0 Å². The van der Waals surface area contributed by atoms with Crippen LogP contribution in [0.15, 0.2) is 0 Å². The Morgan fingerprint density at radius 3 is 0.698 bits per heavy atom. The number of aliphatic hydroxyl groups excluding tert-OH is 6. The number of hydrogen-bond donors (Lipinski definition) is 6. The molecule has 0 aromatic rings. The van der Waals surface area contributed by atoms with E-state index in [0.717, 1.165) is 0 Å². The van der Waals surface area contributed by atoms with Crippen LogP contribution in [0, 0.1) is 0 Å². The summed E-state index contributed by atoms with van der Waals surface area (Å²) >= 11 is 0. The quantitative estimate of drug-likeness (QED) is 0.111.